The third kappa shape index (κ3) is 4.88. The Bertz CT molecular complexity index is 889. The number of methoxy groups -OCH3 is 1. The molecule has 6 nitrogen and oxygen atoms in total. The second-order valence-electron chi connectivity index (χ2n) is 6.18. The second-order valence-corrected chi connectivity index (χ2v) is 7.61. The number of benzene rings is 1. The Morgan fingerprint density at radius 2 is 1.86 bits per heavy atom. The molecule has 2 aromatic rings. The summed E-state index contributed by atoms with van der Waals surface area (Å²) >= 11 is 6.60. The van der Waals surface area contributed by atoms with Crippen molar-refractivity contribution in [3.63, 3.8) is 0 Å². The van der Waals surface area contributed by atoms with Gasteiger partial charge in [-0.1, -0.05) is 12.1 Å². The van der Waals surface area contributed by atoms with Gasteiger partial charge in [-0.2, -0.15) is 0 Å². The highest BCUT2D eigenvalue weighted by atomic mass is 32.1. The molecule has 1 aromatic carbocycles. The highest BCUT2D eigenvalue weighted by Gasteiger charge is 2.27. The van der Waals surface area contributed by atoms with Gasteiger partial charge in [0.1, 0.15) is 5.00 Å². The average molecular weight is 420 g/mol. The Morgan fingerprint density at radius 3 is 2.43 bits per heavy atom. The summed E-state index contributed by atoms with van der Waals surface area (Å²) in [5, 5.41) is 6.97. The van der Waals surface area contributed by atoms with Gasteiger partial charge in [0.05, 0.1) is 17.6 Å². The van der Waals surface area contributed by atoms with Crippen LogP contribution in [0.25, 0.3) is 0 Å². The Labute approximate surface area is 174 Å². The summed E-state index contributed by atoms with van der Waals surface area (Å²) in [7, 11) is 1.32. The van der Waals surface area contributed by atoms with Gasteiger partial charge in [0.25, 0.3) is 5.91 Å². The first kappa shape index (κ1) is 21.8. The molecule has 1 aromatic heterocycles. The molecule has 28 heavy (non-hydrogen) atoms. The number of aryl methyl sites for hydroxylation is 1. The van der Waals surface area contributed by atoms with Crippen LogP contribution in [-0.4, -0.2) is 42.1 Å². The first-order chi connectivity index (χ1) is 13.3. The van der Waals surface area contributed by atoms with E-state index in [4.69, 9.17) is 17.0 Å². The van der Waals surface area contributed by atoms with E-state index in [1.54, 1.807) is 11.8 Å². The number of rotatable bonds is 6. The van der Waals surface area contributed by atoms with Gasteiger partial charge in [-0.25, -0.2) is 4.79 Å². The molecule has 1 amide bonds. The lowest BCUT2D eigenvalue weighted by Crippen LogP contribution is -2.30. The summed E-state index contributed by atoms with van der Waals surface area (Å²) in [6.07, 6.45) is 0. The molecule has 1 heterocycles. The maximum Gasteiger partial charge on any atom is 0.341 e. The van der Waals surface area contributed by atoms with Crippen molar-refractivity contribution in [2.75, 3.05) is 30.8 Å². The predicted molar refractivity (Wildman–Crippen MR) is 119 cm³/mol. The van der Waals surface area contributed by atoms with Crippen LogP contribution in [0, 0.1) is 13.8 Å². The lowest BCUT2D eigenvalue weighted by atomic mass is 10.1. The number of carbonyl (C=O) groups is 2. The van der Waals surface area contributed by atoms with Crippen LogP contribution in [0.3, 0.4) is 0 Å². The predicted octanol–water partition coefficient (Wildman–Crippen LogP) is 4.44. The molecule has 0 aliphatic rings. The van der Waals surface area contributed by atoms with Crippen LogP contribution in [0.2, 0.25) is 0 Å². The first-order valence-electron chi connectivity index (χ1n) is 8.97. The van der Waals surface area contributed by atoms with E-state index in [1.165, 1.54) is 18.4 Å². The fourth-order valence-electron chi connectivity index (χ4n) is 2.80. The zero-order valence-corrected chi connectivity index (χ0v) is 18.3. The van der Waals surface area contributed by atoms with E-state index in [9.17, 15) is 9.59 Å². The fraction of sp³-hybridized carbons (Fsp3) is 0.350. The maximum atomic E-state index is 12.8. The standard InChI is InChI=1S/C20H25N3O3S2/c1-6-23(7-2)18(24)16-13(4)15(19(25)26-5)17(28-16)22-20(27)21-14-10-8-9-12(3)11-14/h8-11H,6-7H2,1-5H3,(H2,21,22,27). The van der Waals surface area contributed by atoms with E-state index in [0.29, 0.717) is 39.2 Å². The summed E-state index contributed by atoms with van der Waals surface area (Å²) in [5.74, 6) is -0.614. The highest BCUT2D eigenvalue weighted by molar-refractivity contribution is 7.80. The van der Waals surface area contributed by atoms with Crippen LogP contribution >= 0.6 is 23.6 Å². The zero-order valence-electron chi connectivity index (χ0n) is 16.7. The van der Waals surface area contributed by atoms with Gasteiger partial charge in [-0.05, 0) is 63.2 Å². The fourth-order valence-corrected chi connectivity index (χ4v) is 4.25. The monoisotopic (exact) mass is 419 g/mol. The molecule has 0 spiro atoms. The maximum absolute atomic E-state index is 12.8. The molecule has 0 bridgehead atoms. The van der Waals surface area contributed by atoms with Gasteiger partial charge < -0.3 is 20.3 Å². The number of anilines is 2. The van der Waals surface area contributed by atoms with Crippen molar-refractivity contribution in [3.05, 3.63) is 45.8 Å². The lowest BCUT2D eigenvalue weighted by molar-refractivity contribution is 0.0601. The van der Waals surface area contributed by atoms with Crippen molar-refractivity contribution in [2.24, 2.45) is 0 Å². The zero-order chi connectivity index (χ0) is 20.8. The first-order valence-corrected chi connectivity index (χ1v) is 10.2. The molecule has 2 N–H and O–H groups in total. The molecule has 0 saturated heterocycles. The van der Waals surface area contributed by atoms with Crippen LogP contribution in [-0.2, 0) is 4.74 Å². The van der Waals surface area contributed by atoms with Gasteiger partial charge >= 0.3 is 5.97 Å². The molecule has 0 aliphatic carbocycles. The molecule has 0 radical (unpaired) electrons. The highest BCUT2D eigenvalue weighted by Crippen LogP contribution is 2.34. The number of hydrogen-bond donors (Lipinski definition) is 2. The molecular weight excluding hydrogens is 394 g/mol. The Balaban J connectivity index is 2.34. The van der Waals surface area contributed by atoms with E-state index in [0.717, 1.165) is 11.3 Å². The van der Waals surface area contributed by atoms with Crippen LogP contribution in [0.1, 0.15) is 45.0 Å². The van der Waals surface area contributed by atoms with Crippen molar-refractivity contribution >= 4 is 51.2 Å². The summed E-state index contributed by atoms with van der Waals surface area (Å²) in [5.41, 5.74) is 2.86. The summed E-state index contributed by atoms with van der Waals surface area (Å²) in [6.45, 7) is 8.77. The minimum Gasteiger partial charge on any atom is -0.465 e. The number of thiocarbonyl (C=S) groups is 1. The van der Waals surface area contributed by atoms with Gasteiger partial charge in [0.2, 0.25) is 0 Å². The SMILES string of the molecule is CCN(CC)C(=O)c1sc(NC(=S)Nc2cccc(C)c2)c(C(=O)OC)c1C. The minimum atomic E-state index is -0.506. The molecule has 2 rings (SSSR count). The molecule has 0 atom stereocenters. The average Bonchev–Trinajstić information content (AvgIpc) is 2.97. The smallest absolute Gasteiger partial charge is 0.341 e. The number of hydrogen-bond acceptors (Lipinski definition) is 5. The summed E-state index contributed by atoms with van der Waals surface area (Å²) in [4.78, 5) is 27.4. The third-order valence-electron chi connectivity index (χ3n) is 4.28. The van der Waals surface area contributed by atoms with E-state index >= 15 is 0 Å². The Kier molecular flexibility index (Phi) is 7.53. The molecule has 0 unspecified atom stereocenters. The molecule has 0 aliphatic heterocycles. The molecule has 8 heteroatoms. The lowest BCUT2D eigenvalue weighted by Gasteiger charge is -2.17. The molecule has 0 fully saturated rings. The molecular formula is C20H25N3O3S2. The van der Waals surface area contributed by atoms with E-state index in [-0.39, 0.29) is 5.91 Å². The number of esters is 1. The van der Waals surface area contributed by atoms with Gasteiger partial charge in [-0.3, -0.25) is 4.79 Å². The number of thiophene rings is 1. The van der Waals surface area contributed by atoms with Crippen LogP contribution in [0.5, 0.6) is 0 Å². The summed E-state index contributed by atoms with van der Waals surface area (Å²) < 4.78 is 4.92. The van der Waals surface area contributed by atoms with Crippen molar-refractivity contribution in [1.82, 2.24) is 4.90 Å². The van der Waals surface area contributed by atoms with E-state index in [1.807, 2.05) is 45.0 Å². The topological polar surface area (TPSA) is 70.7 Å². The number of carbonyl (C=O) groups excluding carboxylic acids is 2. The summed E-state index contributed by atoms with van der Waals surface area (Å²) in [6, 6.07) is 7.78. The van der Waals surface area contributed by atoms with Gasteiger partial charge in [-0.15, -0.1) is 11.3 Å². The number of amides is 1. The molecule has 150 valence electrons. The van der Waals surface area contributed by atoms with E-state index < -0.39 is 5.97 Å². The largest absolute Gasteiger partial charge is 0.465 e. The van der Waals surface area contributed by atoms with Crippen molar-refractivity contribution < 1.29 is 14.3 Å². The quantitative estimate of drug-likeness (QED) is 0.533. The molecule has 0 saturated carbocycles. The van der Waals surface area contributed by atoms with E-state index in [2.05, 4.69) is 10.6 Å². The van der Waals surface area contributed by atoms with Crippen LogP contribution in [0.15, 0.2) is 24.3 Å². The van der Waals surface area contributed by atoms with Gasteiger partial charge in [0.15, 0.2) is 5.11 Å². The number of nitrogens with one attached hydrogen (secondary N) is 2. The number of ether oxygens (including phenoxy) is 1. The van der Waals surface area contributed by atoms with Crippen molar-refractivity contribution in [3.8, 4) is 0 Å². The van der Waals surface area contributed by atoms with Crippen LogP contribution < -0.4 is 10.6 Å². The number of nitrogens with zero attached hydrogens (tertiary/aromatic N) is 1. The minimum absolute atomic E-state index is 0.108. The Morgan fingerprint density at radius 1 is 1.18 bits per heavy atom. The third-order valence-corrected chi connectivity index (χ3v) is 5.68. The van der Waals surface area contributed by atoms with Crippen LogP contribution in [0.4, 0.5) is 10.7 Å². The van der Waals surface area contributed by atoms with Crippen molar-refractivity contribution in [2.45, 2.75) is 27.7 Å². The van der Waals surface area contributed by atoms with Crippen molar-refractivity contribution in [1.29, 1.82) is 0 Å². The Hall–Kier alpha value is -2.45. The normalized spacial score (nSPS) is 10.3. The second kappa shape index (κ2) is 9.66. The van der Waals surface area contributed by atoms with Gasteiger partial charge in [0, 0.05) is 18.8 Å².